The Morgan fingerprint density at radius 3 is 2.22 bits per heavy atom. The van der Waals surface area contributed by atoms with Gasteiger partial charge in [-0.3, -0.25) is 24.3 Å². The van der Waals surface area contributed by atoms with Gasteiger partial charge in [0.1, 0.15) is 5.71 Å². The Hall–Kier alpha value is -2.74. The highest BCUT2D eigenvalue weighted by Crippen LogP contribution is 2.35. The van der Waals surface area contributed by atoms with Crippen molar-refractivity contribution in [1.82, 2.24) is 20.4 Å². The third kappa shape index (κ3) is 4.92. The van der Waals surface area contributed by atoms with Gasteiger partial charge in [-0.05, 0) is 62.8 Å². The fourth-order valence-electron chi connectivity index (χ4n) is 7.10. The fourth-order valence-corrected chi connectivity index (χ4v) is 7.10. The summed E-state index contributed by atoms with van der Waals surface area (Å²) in [6.07, 6.45) is 11.1. The number of carbonyl (C=O) groups excluding carboxylic acids is 3. The minimum Gasteiger partial charge on any atom is -0.353 e. The normalized spacial score (nSPS) is 27.9. The Bertz CT molecular complexity index is 1100. The number of benzene rings is 1. The summed E-state index contributed by atoms with van der Waals surface area (Å²) in [7, 11) is 2.13. The number of piperidine rings is 2. The van der Waals surface area contributed by atoms with E-state index in [-0.39, 0.29) is 42.3 Å². The van der Waals surface area contributed by atoms with Gasteiger partial charge in [-0.15, -0.1) is 0 Å². The third-order valence-corrected chi connectivity index (χ3v) is 9.23. The molecule has 6 aliphatic rings. The summed E-state index contributed by atoms with van der Waals surface area (Å²) in [4.78, 5) is 49.1. The average Bonchev–Trinajstić information content (AvgIpc) is 3.65. The van der Waals surface area contributed by atoms with Gasteiger partial charge in [-0.1, -0.05) is 37.8 Å². The molecule has 0 spiro atoms. The van der Waals surface area contributed by atoms with Gasteiger partial charge in [-0.2, -0.15) is 0 Å². The average molecular weight is 506 g/mol. The molecule has 1 aromatic carbocycles. The first-order valence-corrected chi connectivity index (χ1v) is 14.3. The molecular weight excluding hydrogens is 466 g/mol. The molecule has 2 aliphatic carbocycles. The van der Waals surface area contributed by atoms with Crippen LogP contribution in [-0.2, 0) is 20.8 Å². The maximum atomic E-state index is 13.9. The minimum atomic E-state index is -0.708. The molecule has 3 saturated heterocycles. The van der Waals surface area contributed by atoms with Gasteiger partial charge < -0.3 is 15.5 Å². The van der Waals surface area contributed by atoms with E-state index in [9.17, 15) is 14.4 Å². The number of likely N-dealkylation sites (N-methyl/N-ethyl adjacent to an activating group) is 1. The van der Waals surface area contributed by atoms with Crippen LogP contribution in [0.15, 0.2) is 23.2 Å². The Morgan fingerprint density at radius 1 is 0.892 bits per heavy atom. The largest absolute Gasteiger partial charge is 0.353 e. The lowest BCUT2D eigenvalue weighted by atomic mass is 9.90. The van der Waals surface area contributed by atoms with Crippen LogP contribution in [0.1, 0.15) is 86.9 Å². The van der Waals surface area contributed by atoms with Crippen LogP contribution in [0, 0.1) is 0 Å². The van der Waals surface area contributed by atoms with Crippen molar-refractivity contribution in [1.29, 1.82) is 0 Å². The molecule has 5 fully saturated rings. The summed E-state index contributed by atoms with van der Waals surface area (Å²) in [5.74, 6) is -0.183. The molecule has 0 aromatic heterocycles. The number of rotatable bonds is 6. The van der Waals surface area contributed by atoms with Crippen molar-refractivity contribution in [2.75, 3.05) is 20.1 Å². The van der Waals surface area contributed by atoms with E-state index in [1.807, 2.05) is 23.1 Å². The molecule has 198 valence electrons. The molecule has 4 heterocycles. The van der Waals surface area contributed by atoms with E-state index in [2.05, 4.69) is 22.6 Å². The van der Waals surface area contributed by atoms with Crippen molar-refractivity contribution < 1.29 is 14.4 Å². The highest BCUT2D eigenvalue weighted by Gasteiger charge is 2.43. The molecule has 8 nitrogen and oxygen atoms in total. The van der Waals surface area contributed by atoms with Crippen molar-refractivity contribution in [3.05, 3.63) is 34.9 Å². The molecule has 3 amide bonds. The Labute approximate surface area is 219 Å². The van der Waals surface area contributed by atoms with E-state index >= 15 is 0 Å². The van der Waals surface area contributed by atoms with Crippen LogP contribution < -0.4 is 10.6 Å². The second-order valence-corrected chi connectivity index (χ2v) is 11.8. The number of carbonyl (C=O) groups is 3. The van der Waals surface area contributed by atoms with E-state index < -0.39 is 6.04 Å². The van der Waals surface area contributed by atoms with E-state index in [1.165, 1.54) is 12.8 Å². The molecule has 3 unspecified atom stereocenters. The van der Waals surface area contributed by atoms with E-state index in [4.69, 9.17) is 4.99 Å². The van der Waals surface area contributed by atoms with Gasteiger partial charge in [0.15, 0.2) is 6.04 Å². The Kier molecular flexibility index (Phi) is 6.78. The number of hydrogen-bond acceptors (Lipinski definition) is 5. The number of nitrogens with one attached hydrogen (secondary N) is 2. The van der Waals surface area contributed by atoms with Crippen LogP contribution in [0.3, 0.4) is 0 Å². The van der Waals surface area contributed by atoms with Gasteiger partial charge in [0.25, 0.3) is 5.91 Å². The standard InChI is InChI=1S/C29H39N5O3/c1-33-16-22-12-11-21(33)17-34(22)29(37)27-24-14-18(15-25(35)30-19-6-2-3-7-19)10-13-23(24)26(32-27)28(36)31-20-8-4-5-9-20/h10,13-14,19-22,26H,2-9,11-12,15-17H2,1H3,(H,30,35)(H,31,36). The number of hydrogen-bond donors (Lipinski definition) is 2. The maximum Gasteiger partial charge on any atom is 0.273 e. The zero-order valence-corrected chi connectivity index (χ0v) is 21.9. The molecule has 2 N–H and O–H groups in total. The van der Waals surface area contributed by atoms with Crippen LogP contribution >= 0.6 is 0 Å². The molecule has 37 heavy (non-hydrogen) atoms. The number of fused-ring (bicyclic) bond motifs is 4. The predicted octanol–water partition coefficient (Wildman–Crippen LogP) is 2.50. The maximum absolute atomic E-state index is 13.9. The number of nitrogens with zero attached hydrogens (tertiary/aromatic N) is 3. The van der Waals surface area contributed by atoms with Gasteiger partial charge in [0.05, 0.1) is 6.42 Å². The van der Waals surface area contributed by atoms with Gasteiger partial charge >= 0.3 is 0 Å². The lowest BCUT2D eigenvalue weighted by Gasteiger charge is -2.50. The molecule has 0 radical (unpaired) electrons. The van der Waals surface area contributed by atoms with E-state index in [0.29, 0.717) is 18.3 Å². The molecule has 2 saturated carbocycles. The summed E-state index contributed by atoms with van der Waals surface area (Å²) >= 11 is 0. The topological polar surface area (TPSA) is 94.1 Å². The Balaban J connectivity index is 1.25. The molecule has 1 aromatic rings. The van der Waals surface area contributed by atoms with Crippen LogP contribution in [0.5, 0.6) is 0 Å². The molecule has 4 aliphatic heterocycles. The third-order valence-electron chi connectivity index (χ3n) is 9.23. The number of piperazine rings is 1. The van der Waals surface area contributed by atoms with Crippen LogP contribution in [0.2, 0.25) is 0 Å². The van der Waals surface area contributed by atoms with Gasteiger partial charge in [0, 0.05) is 42.8 Å². The van der Waals surface area contributed by atoms with Crippen molar-refractivity contribution in [3.63, 3.8) is 0 Å². The SMILES string of the molecule is CN1CC2CCC1CN2C(=O)C1=NC(C(=O)NC2CCCC2)c2ccc(CC(=O)NC3CCCC3)cc21. The molecule has 8 heteroatoms. The van der Waals surface area contributed by atoms with Crippen LogP contribution in [0.4, 0.5) is 0 Å². The van der Waals surface area contributed by atoms with Crippen molar-refractivity contribution in [2.24, 2.45) is 4.99 Å². The number of amides is 3. The van der Waals surface area contributed by atoms with E-state index in [0.717, 1.165) is 74.6 Å². The van der Waals surface area contributed by atoms with Gasteiger partial charge in [0.2, 0.25) is 11.8 Å². The smallest absolute Gasteiger partial charge is 0.273 e. The number of aliphatic imine (C=N–C) groups is 1. The predicted molar refractivity (Wildman–Crippen MR) is 141 cm³/mol. The first-order valence-electron chi connectivity index (χ1n) is 14.3. The minimum absolute atomic E-state index is 0.0153. The molecule has 2 bridgehead atoms. The van der Waals surface area contributed by atoms with E-state index in [1.54, 1.807) is 0 Å². The monoisotopic (exact) mass is 505 g/mol. The molecule has 7 rings (SSSR count). The second-order valence-electron chi connectivity index (χ2n) is 11.8. The summed E-state index contributed by atoms with van der Waals surface area (Å²) in [5.41, 5.74) is 2.73. The zero-order chi connectivity index (χ0) is 25.5. The second kappa shape index (κ2) is 10.2. The van der Waals surface area contributed by atoms with Crippen LogP contribution in [0.25, 0.3) is 0 Å². The van der Waals surface area contributed by atoms with Gasteiger partial charge in [-0.25, -0.2) is 0 Å². The summed E-state index contributed by atoms with van der Waals surface area (Å²) in [6, 6.07) is 6.08. The summed E-state index contributed by atoms with van der Waals surface area (Å²) in [6.45, 7) is 1.58. The zero-order valence-electron chi connectivity index (χ0n) is 21.9. The lowest BCUT2D eigenvalue weighted by Crippen LogP contribution is -2.63. The highest BCUT2D eigenvalue weighted by molar-refractivity contribution is 6.47. The van der Waals surface area contributed by atoms with Crippen LogP contribution in [-0.4, -0.2) is 77.5 Å². The summed E-state index contributed by atoms with van der Waals surface area (Å²) in [5, 5.41) is 6.34. The molecular formula is C29H39N5O3. The highest BCUT2D eigenvalue weighted by atomic mass is 16.2. The fraction of sp³-hybridized carbons (Fsp3) is 0.655. The first kappa shape index (κ1) is 24.6. The summed E-state index contributed by atoms with van der Waals surface area (Å²) < 4.78 is 0. The first-order chi connectivity index (χ1) is 18.0. The molecule has 3 atom stereocenters. The van der Waals surface area contributed by atoms with Crippen molar-refractivity contribution >= 4 is 23.4 Å². The van der Waals surface area contributed by atoms with Crippen molar-refractivity contribution in [3.8, 4) is 0 Å². The lowest BCUT2D eigenvalue weighted by molar-refractivity contribution is -0.133. The quantitative estimate of drug-likeness (QED) is 0.621. The Morgan fingerprint density at radius 2 is 1.57 bits per heavy atom. The van der Waals surface area contributed by atoms with Crippen molar-refractivity contribution in [2.45, 2.75) is 101 Å².